The fourth-order valence-electron chi connectivity index (χ4n) is 2.54. The lowest BCUT2D eigenvalue weighted by Gasteiger charge is -2.05. The molecule has 0 spiro atoms. The maximum absolute atomic E-state index is 13.4. The minimum atomic E-state index is -1.02. The monoisotopic (exact) mass is 451 g/mol. The number of hydrogen-bond donors (Lipinski definition) is 2. The highest BCUT2D eigenvalue weighted by atomic mass is 35.5. The van der Waals surface area contributed by atoms with Crippen LogP contribution in [0.15, 0.2) is 42.5 Å². The zero-order chi connectivity index (χ0) is 22.0. The first-order valence-corrected chi connectivity index (χ1v) is 9.47. The number of halogens is 3. The number of amides is 2. The van der Waals surface area contributed by atoms with Crippen molar-refractivity contribution in [2.24, 2.45) is 0 Å². The van der Waals surface area contributed by atoms with E-state index in [1.165, 1.54) is 12.1 Å². The highest BCUT2D eigenvalue weighted by Gasteiger charge is 2.19. The summed E-state index contributed by atoms with van der Waals surface area (Å²) in [6.45, 7) is 1.64. The molecule has 2 N–H and O–H groups in total. The van der Waals surface area contributed by atoms with Crippen LogP contribution in [0.1, 0.15) is 25.6 Å². The summed E-state index contributed by atoms with van der Waals surface area (Å²) in [6.07, 6.45) is 0. The lowest BCUT2D eigenvalue weighted by atomic mass is 10.2. The van der Waals surface area contributed by atoms with E-state index in [1.807, 2.05) is 0 Å². The van der Waals surface area contributed by atoms with E-state index >= 15 is 0 Å². The van der Waals surface area contributed by atoms with E-state index in [9.17, 15) is 28.5 Å². The molecule has 0 aliphatic carbocycles. The molecule has 1 heterocycles. The van der Waals surface area contributed by atoms with Gasteiger partial charge in [0, 0.05) is 11.8 Å². The zero-order valence-electron chi connectivity index (χ0n) is 15.2. The minimum Gasteiger partial charge on any atom is -0.321 e. The molecule has 0 bridgehead atoms. The molecule has 0 saturated heterocycles. The average Bonchev–Trinajstić information content (AvgIpc) is 3.03. The number of carbonyl (C=O) groups excluding carboxylic acids is 2. The van der Waals surface area contributed by atoms with Gasteiger partial charge in [-0.2, -0.15) is 4.39 Å². The summed E-state index contributed by atoms with van der Waals surface area (Å²) < 4.78 is 26.6. The van der Waals surface area contributed by atoms with Crippen LogP contribution in [-0.2, 0) is 0 Å². The fourth-order valence-corrected chi connectivity index (χ4v) is 3.76. The van der Waals surface area contributed by atoms with Crippen LogP contribution >= 0.6 is 22.9 Å². The van der Waals surface area contributed by atoms with Gasteiger partial charge in [0.05, 0.1) is 25.4 Å². The van der Waals surface area contributed by atoms with Crippen molar-refractivity contribution in [1.29, 1.82) is 0 Å². The molecule has 11 heteroatoms. The Labute approximate surface area is 177 Å². The van der Waals surface area contributed by atoms with Crippen LogP contribution in [0.3, 0.4) is 0 Å². The Balaban J connectivity index is 1.77. The SMILES string of the molecule is Cc1cc(NC(=O)c2ccc(F)cc2Cl)sc1C(=O)Nc1ccc(F)c([N+](=O)[O-])c1. The van der Waals surface area contributed by atoms with Gasteiger partial charge in [-0.3, -0.25) is 19.7 Å². The Hall–Kier alpha value is -3.37. The lowest BCUT2D eigenvalue weighted by Crippen LogP contribution is -2.12. The van der Waals surface area contributed by atoms with Crippen LogP contribution in [0.4, 0.5) is 25.2 Å². The largest absolute Gasteiger partial charge is 0.321 e. The van der Waals surface area contributed by atoms with Gasteiger partial charge in [0.1, 0.15) is 5.82 Å². The van der Waals surface area contributed by atoms with Gasteiger partial charge < -0.3 is 10.6 Å². The lowest BCUT2D eigenvalue weighted by molar-refractivity contribution is -0.387. The maximum atomic E-state index is 13.4. The van der Waals surface area contributed by atoms with Crippen molar-refractivity contribution in [3.8, 4) is 0 Å². The first-order valence-electron chi connectivity index (χ1n) is 8.28. The standard InChI is InChI=1S/C19H12ClF2N3O4S/c1-9-6-16(24-18(26)12-4-2-10(21)7-13(12)20)30-17(9)19(27)23-11-3-5-14(22)15(8-11)25(28)29/h2-8H,1H3,(H,23,27)(H,24,26). The number of nitrogens with one attached hydrogen (secondary N) is 2. The molecule has 1 aromatic heterocycles. The molecular formula is C19H12ClF2N3O4S. The van der Waals surface area contributed by atoms with Gasteiger partial charge in [-0.15, -0.1) is 11.3 Å². The number of benzene rings is 2. The third-order valence-corrected chi connectivity index (χ3v) is 5.40. The number of nitro benzene ring substituents is 1. The quantitative estimate of drug-likeness (QED) is 0.400. The summed E-state index contributed by atoms with van der Waals surface area (Å²) in [5, 5.41) is 16.2. The third kappa shape index (κ3) is 4.61. The van der Waals surface area contributed by atoms with Crippen molar-refractivity contribution in [3.63, 3.8) is 0 Å². The van der Waals surface area contributed by atoms with Crippen LogP contribution in [-0.4, -0.2) is 16.7 Å². The Kier molecular flexibility index (Phi) is 6.09. The molecule has 154 valence electrons. The Morgan fingerprint density at radius 1 is 1.07 bits per heavy atom. The molecule has 0 aliphatic rings. The summed E-state index contributed by atoms with van der Waals surface area (Å²) in [7, 11) is 0. The van der Waals surface area contributed by atoms with Crippen LogP contribution in [0.2, 0.25) is 5.02 Å². The minimum absolute atomic E-state index is 0.0459. The van der Waals surface area contributed by atoms with E-state index in [0.29, 0.717) is 10.6 Å². The summed E-state index contributed by atoms with van der Waals surface area (Å²) in [6, 6.07) is 7.90. The van der Waals surface area contributed by atoms with Crippen molar-refractivity contribution >= 4 is 51.1 Å². The van der Waals surface area contributed by atoms with Gasteiger partial charge in [-0.05, 0) is 48.9 Å². The van der Waals surface area contributed by atoms with Crippen molar-refractivity contribution in [3.05, 3.63) is 85.2 Å². The topological polar surface area (TPSA) is 101 Å². The van der Waals surface area contributed by atoms with Crippen molar-refractivity contribution in [2.75, 3.05) is 10.6 Å². The predicted molar refractivity (Wildman–Crippen MR) is 109 cm³/mol. The number of nitro groups is 1. The summed E-state index contributed by atoms with van der Waals surface area (Å²) >= 11 is 6.84. The molecule has 0 atom stereocenters. The number of anilines is 2. The number of hydrogen-bond acceptors (Lipinski definition) is 5. The molecule has 7 nitrogen and oxygen atoms in total. The average molecular weight is 452 g/mol. The molecule has 3 rings (SSSR count). The van der Waals surface area contributed by atoms with E-state index in [-0.39, 0.29) is 21.2 Å². The Morgan fingerprint density at radius 3 is 2.47 bits per heavy atom. The van der Waals surface area contributed by atoms with E-state index < -0.39 is 34.1 Å². The second-order valence-corrected chi connectivity index (χ2v) is 7.54. The predicted octanol–water partition coefficient (Wildman–Crippen LogP) is 5.40. The van der Waals surface area contributed by atoms with Crippen LogP contribution < -0.4 is 10.6 Å². The molecule has 3 aromatic rings. The van der Waals surface area contributed by atoms with Crippen LogP contribution in [0, 0.1) is 28.7 Å². The second-order valence-electron chi connectivity index (χ2n) is 6.08. The van der Waals surface area contributed by atoms with E-state index in [4.69, 9.17) is 11.6 Å². The van der Waals surface area contributed by atoms with E-state index in [1.54, 1.807) is 13.0 Å². The van der Waals surface area contributed by atoms with Gasteiger partial charge in [0.2, 0.25) is 5.82 Å². The Bertz CT molecular complexity index is 1180. The molecule has 2 aromatic carbocycles. The molecule has 0 aliphatic heterocycles. The van der Waals surface area contributed by atoms with Crippen molar-refractivity contribution in [2.45, 2.75) is 6.92 Å². The molecule has 0 saturated carbocycles. The van der Waals surface area contributed by atoms with Crippen LogP contribution in [0.5, 0.6) is 0 Å². The third-order valence-electron chi connectivity index (χ3n) is 3.94. The summed E-state index contributed by atoms with van der Waals surface area (Å²) in [5.74, 6) is -2.76. The number of carbonyl (C=O) groups is 2. The molecule has 2 amide bonds. The highest BCUT2D eigenvalue weighted by molar-refractivity contribution is 7.18. The van der Waals surface area contributed by atoms with Gasteiger partial charge in [0.15, 0.2) is 0 Å². The Morgan fingerprint density at radius 2 is 1.80 bits per heavy atom. The number of nitrogens with zero attached hydrogens (tertiary/aromatic N) is 1. The number of rotatable bonds is 5. The van der Waals surface area contributed by atoms with Crippen LogP contribution in [0.25, 0.3) is 0 Å². The second kappa shape index (κ2) is 8.56. The molecule has 0 fully saturated rings. The fraction of sp³-hybridized carbons (Fsp3) is 0.0526. The smallest absolute Gasteiger partial charge is 0.306 e. The van der Waals surface area contributed by atoms with Gasteiger partial charge >= 0.3 is 5.69 Å². The van der Waals surface area contributed by atoms with E-state index in [0.717, 1.165) is 35.6 Å². The maximum Gasteiger partial charge on any atom is 0.306 e. The molecular weight excluding hydrogens is 440 g/mol. The first-order chi connectivity index (χ1) is 14.2. The highest BCUT2D eigenvalue weighted by Crippen LogP contribution is 2.29. The first kappa shape index (κ1) is 21.3. The summed E-state index contributed by atoms with van der Waals surface area (Å²) in [4.78, 5) is 35.1. The number of thiophene rings is 1. The zero-order valence-corrected chi connectivity index (χ0v) is 16.7. The molecule has 30 heavy (non-hydrogen) atoms. The molecule has 0 radical (unpaired) electrons. The van der Waals surface area contributed by atoms with Gasteiger partial charge in [0.25, 0.3) is 11.8 Å². The normalized spacial score (nSPS) is 10.5. The summed E-state index contributed by atoms with van der Waals surface area (Å²) in [5.41, 5.74) is -0.118. The van der Waals surface area contributed by atoms with E-state index in [2.05, 4.69) is 10.6 Å². The van der Waals surface area contributed by atoms with Gasteiger partial charge in [-0.1, -0.05) is 11.6 Å². The van der Waals surface area contributed by atoms with Crippen molar-refractivity contribution in [1.82, 2.24) is 0 Å². The molecule has 0 unspecified atom stereocenters. The van der Waals surface area contributed by atoms with Crippen molar-refractivity contribution < 1.29 is 23.3 Å². The van der Waals surface area contributed by atoms with Gasteiger partial charge in [-0.25, -0.2) is 4.39 Å². The number of aryl methyl sites for hydroxylation is 1.